The first-order valence-corrected chi connectivity index (χ1v) is 10.8. The lowest BCUT2D eigenvalue weighted by Crippen LogP contribution is -2.44. The average molecular weight is 399 g/mol. The van der Waals surface area contributed by atoms with Crippen molar-refractivity contribution in [2.75, 3.05) is 32.7 Å². The van der Waals surface area contributed by atoms with E-state index in [4.69, 9.17) is 0 Å². The Kier molecular flexibility index (Phi) is 6.39. The van der Waals surface area contributed by atoms with Crippen LogP contribution in [0.3, 0.4) is 0 Å². The molecule has 0 aliphatic carbocycles. The number of hydrogen-bond acceptors (Lipinski definition) is 5. The van der Waals surface area contributed by atoms with Gasteiger partial charge >= 0.3 is 0 Å². The summed E-state index contributed by atoms with van der Waals surface area (Å²) in [7, 11) is 0. The maximum atomic E-state index is 13.2. The Morgan fingerprint density at radius 2 is 1.90 bits per heavy atom. The zero-order valence-electron chi connectivity index (χ0n) is 16.9. The molecule has 29 heavy (non-hydrogen) atoms. The van der Waals surface area contributed by atoms with E-state index in [1.165, 1.54) is 12.8 Å². The fraction of sp³-hybridized carbons (Fsp3) is 0.619. The minimum absolute atomic E-state index is 0.0229. The summed E-state index contributed by atoms with van der Waals surface area (Å²) in [5.74, 6) is 0.135. The molecule has 2 fully saturated rings. The number of carbonyl (C=O) groups excluding carboxylic acids is 2. The van der Waals surface area contributed by atoms with E-state index in [1.807, 2.05) is 17.0 Å². The van der Waals surface area contributed by atoms with Crippen molar-refractivity contribution in [3.8, 4) is 0 Å². The van der Waals surface area contributed by atoms with Gasteiger partial charge in [0.15, 0.2) is 11.3 Å². The molecule has 2 saturated heterocycles. The monoisotopic (exact) mass is 398 g/mol. The van der Waals surface area contributed by atoms with Crippen molar-refractivity contribution < 1.29 is 9.59 Å². The van der Waals surface area contributed by atoms with E-state index < -0.39 is 0 Å². The number of nitrogens with one attached hydrogen (secondary N) is 1. The van der Waals surface area contributed by atoms with E-state index in [9.17, 15) is 9.59 Å². The van der Waals surface area contributed by atoms with E-state index in [0.29, 0.717) is 43.4 Å². The summed E-state index contributed by atoms with van der Waals surface area (Å²) in [5, 5.41) is 7.34. The Bertz CT molecular complexity index is 851. The number of fused-ring (bicyclic) bond motifs is 2. The molecule has 8 nitrogen and oxygen atoms in total. The molecular formula is C21H30N6O2. The summed E-state index contributed by atoms with van der Waals surface area (Å²) in [6.45, 7) is 4.03. The van der Waals surface area contributed by atoms with Gasteiger partial charge in [-0.1, -0.05) is 6.42 Å². The quantitative estimate of drug-likeness (QED) is 0.791. The smallest absolute Gasteiger partial charge is 0.274 e. The summed E-state index contributed by atoms with van der Waals surface area (Å²) in [5.41, 5.74) is 1.19. The molecule has 156 valence electrons. The first kappa shape index (κ1) is 19.8. The third kappa shape index (κ3) is 4.75. The standard InChI is InChI=1S/C21H30N6O2/c28-20-15-17-7-1-3-11-25(17)13-6-14-26(12-4-2-9-22-20)21(29)18-16-23-19-8-5-10-24-27(18)19/h5,8,10,16-17H,1-4,6-7,9,11-15H2,(H,22,28). The third-order valence-corrected chi connectivity index (χ3v) is 6.00. The van der Waals surface area contributed by atoms with Crippen LogP contribution >= 0.6 is 0 Å². The van der Waals surface area contributed by atoms with E-state index in [1.54, 1.807) is 16.9 Å². The number of nitrogens with zero attached hydrogens (tertiary/aromatic N) is 5. The number of hydrogen-bond donors (Lipinski definition) is 1. The summed E-state index contributed by atoms with van der Waals surface area (Å²) in [6, 6.07) is 4.00. The first-order chi connectivity index (χ1) is 14.2. The van der Waals surface area contributed by atoms with Crippen LogP contribution in [0.15, 0.2) is 24.5 Å². The molecule has 1 unspecified atom stereocenters. The van der Waals surface area contributed by atoms with Gasteiger partial charge in [0, 0.05) is 44.8 Å². The molecule has 2 aliphatic heterocycles. The summed E-state index contributed by atoms with van der Waals surface area (Å²) >= 11 is 0. The maximum Gasteiger partial charge on any atom is 0.274 e. The van der Waals surface area contributed by atoms with Crippen molar-refractivity contribution in [1.29, 1.82) is 0 Å². The van der Waals surface area contributed by atoms with E-state index in [2.05, 4.69) is 20.3 Å². The van der Waals surface area contributed by atoms with Crippen LogP contribution in [0.2, 0.25) is 0 Å². The molecule has 2 aromatic heterocycles. The highest BCUT2D eigenvalue weighted by atomic mass is 16.2. The van der Waals surface area contributed by atoms with Crippen LogP contribution in [0.25, 0.3) is 5.65 Å². The Morgan fingerprint density at radius 3 is 2.83 bits per heavy atom. The maximum absolute atomic E-state index is 13.2. The number of imidazole rings is 1. The Morgan fingerprint density at radius 1 is 1.07 bits per heavy atom. The van der Waals surface area contributed by atoms with Crippen LogP contribution in [0, 0.1) is 0 Å². The molecule has 0 spiro atoms. The molecule has 0 radical (unpaired) electrons. The van der Waals surface area contributed by atoms with Gasteiger partial charge in [0.05, 0.1) is 6.20 Å². The number of amides is 2. The van der Waals surface area contributed by atoms with Crippen LogP contribution in [0.1, 0.15) is 55.4 Å². The van der Waals surface area contributed by atoms with Crippen LogP contribution in [-0.2, 0) is 4.79 Å². The third-order valence-electron chi connectivity index (χ3n) is 6.00. The van der Waals surface area contributed by atoms with Crippen LogP contribution < -0.4 is 5.32 Å². The lowest BCUT2D eigenvalue weighted by Gasteiger charge is -2.35. The fourth-order valence-corrected chi connectivity index (χ4v) is 4.44. The highest BCUT2D eigenvalue weighted by molar-refractivity contribution is 5.93. The van der Waals surface area contributed by atoms with Crippen LogP contribution in [0.5, 0.6) is 0 Å². The van der Waals surface area contributed by atoms with Crippen molar-refractivity contribution in [2.45, 2.75) is 51.0 Å². The predicted molar refractivity (Wildman–Crippen MR) is 110 cm³/mol. The predicted octanol–water partition coefficient (Wildman–Crippen LogP) is 1.72. The lowest BCUT2D eigenvalue weighted by molar-refractivity contribution is -0.122. The molecule has 1 N–H and O–H groups in total. The number of rotatable bonds is 1. The van der Waals surface area contributed by atoms with Crippen LogP contribution in [0.4, 0.5) is 0 Å². The highest BCUT2D eigenvalue weighted by Crippen LogP contribution is 2.20. The zero-order chi connectivity index (χ0) is 20.1. The second kappa shape index (κ2) is 9.35. The van der Waals surface area contributed by atoms with Gasteiger partial charge in [-0.25, -0.2) is 9.50 Å². The second-order valence-electron chi connectivity index (χ2n) is 8.03. The molecule has 8 heteroatoms. The molecule has 2 amide bonds. The molecule has 0 aromatic carbocycles. The average Bonchev–Trinajstić information content (AvgIpc) is 3.17. The van der Waals surface area contributed by atoms with Gasteiger partial charge < -0.3 is 10.2 Å². The Balaban J connectivity index is 1.48. The second-order valence-corrected chi connectivity index (χ2v) is 8.03. The summed E-state index contributed by atoms with van der Waals surface area (Å²) in [4.78, 5) is 34.2. The van der Waals surface area contributed by atoms with E-state index in [-0.39, 0.29) is 11.8 Å². The number of aromatic nitrogens is 3. The number of piperidine rings is 1. The van der Waals surface area contributed by atoms with Gasteiger partial charge in [-0.05, 0) is 50.8 Å². The molecule has 0 saturated carbocycles. The minimum Gasteiger partial charge on any atom is -0.356 e. The van der Waals surface area contributed by atoms with E-state index >= 15 is 0 Å². The first-order valence-electron chi connectivity index (χ1n) is 10.8. The normalized spacial score (nSPS) is 22.8. The summed E-state index contributed by atoms with van der Waals surface area (Å²) in [6.07, 6.45) is 10.00. The molecule has 4 heterocycles. The van der Waals surface area contributed by atoms with Gasteiger partial charge in [-0.3, -0.25) is 14.5 Å². The van der Waals surface area contributed by atoms with Crippen molar-refractivity contribution >= 4 is 17.5 Å². The van der Waals surface area contributed by atoms with Gasteiger partial charge in [0.25, 0.3) is 5.91 Å². The van der Waals surface area contributed by atoms with Gasteiger partial charge in [0.1, 0.15) is 0 Å². The van der Waals surface area contributed by atoms with Crippen molar-refractivity contribution in [1.82, 2.24) is 29.7 Å². The van der Waals surface area contributed by atoms with E-state index in [0.717, 1.165) is 38.8 Å². The molecule has 4 rings (SSSR count). The largest absolute Gasteiger partial charge is 0.356 e. The summed E-state index contributed by atoms with van der Waals surface area (Å²) < 4.78 is 1.62. The molecular weight excluding hydrogens is 368 g/mol. The minimum atomic E-state index is -0.0229. The molecule has 1 atom stereocenters. The highest BCUT2D eigenvalue weighted by Gasteiger charge is 2.26. The molecule has 2 aromatic rings. The van der Waals surface area contributed by atoms with Crippen LogP contribution in [-0.4, -0.2) is 75.0 Å². The van der Waals surface area contributed by atoms with Gasteiger partial charge in [-0.2, -0.15) is 5.10 Å². The van der Waals surface area contributed by atoms with Crippen molar-refractivity contribution in [3.63, 3.8) is 0 Å². The Hall–Kier alpha value is -2.48. The number of carbonyl (C=O) groups is 2. The topological polar surface area (TPSA) is 82.8 Å². The zero-order valence-corrected chi connectivity index (χ0v) is 16.9. The Labute approximate surface area is 171 Å². The molecule has 2 aliphatic rings. The van der Waals surface area contributed by atoms with Gasteiger partial charge in [-0.15, -0.1) is 0 Å². The fourth-order valence-electron chi connectivity index (χ4n) is 4.44. The van der Waals surface area contributed by atoms with Crippen molar-refractivity contribution in [3.05, 3.63) is 30.2 Å². The molecule has 0 bridgehead atoms. The lowest BCUT2D eigenvalue weighted by atomic mass is 9.98. The SMILES string of the molecule is O=C1CC2CCCCN2CCCN(C(=O)c2cnc3cccnn23)CCCCN1. The van der Waals surface area contributed by atoms with Gasteiger partial charge in [0.2, 0.25) is 5.91 Å². The van der Waals surface area contributed by atoms with Crippen molar-refractivity contribution in [2.24, 2.45) is 0 Å².